The summed E-state index contributed by atoms with van der Waals surface area (Å²) >= 11 is 0. The van der Waals surface area contributed by atoms with Gasteiger partial charge in [0.1, 0.15) is 0 Å². The predicted octanol–water partition coefficient (Wildman–Crippen LogP) is 1.25. The summed E-state index contributed by atoms with van der Waals surface area (Å²) in [6.07, 6.45) is 0.513. The molecule has 0 aliphatic carbocycles. The van der Waals surface area contributed by atoms with Gasteiger partial charge in [0.2, 0.25) is 0 Å². The quantitative estimate of drug-likeness (QED) is 0.719. The highest BCUT2D eigenvalue weighted by atomic mass is 31.1. The van der Waals surface area contributed by atoms with Crippen molar-refractivity contribution in [3.63, 3.8) is 0 Å². The van der Waals surface area contributed by atoms with Crippen LogP contribution in [0.4, 0.5) is 0 Å². The molecule has 0 saturated heterocycles. The lowest BCUT2D eigenvalue weighted by molar-refractivity contribution is 0.299. The highest BCUT2D eigenvalue weighted by molar-refractivity contribution is 7.32. The van der Waals surface area contributed by atoms with Gasteiger partial charge in [-0.1, -0.05) is 12.1 Å². The molecule has 4 nitrogen and oxygen atoms in total. The van der Waals surface area contributed by atoms with Gasteiger partial charge in [-0.3, -0.25) is 0 Å². The van der Waals surface area contributed by atoms with Crippen LogP contribution in [0, 0.1) is 0 Å². The second kappa shape index (κ2) is 4.92. The van der Waals surface area contributed by atoms with Crippen LogP contribution in [-0.4, -0.2) is 16.6 Å². The van der Waals surface area contributed by atoms with E-state index in [1.165, 1.54) is 0 Å². The fourth-order valence-corrected chi connectivity index (χ4v) is 1.27. The van der Waals surface area contributed by atoms with Crippen LogP contribution in [0.5, 0.6) is 5.75 Å². The number of aliphatic hydroxyl groups is 1. The van der Waals surface area contributed by atoms with Crippen LogP contribution in [0.2, 0.25) is 0 Å². The van der Waals surface area contributed by atoms with Crippen LogP contribution in [0.15, 0.2) is 24.3 Å². The number of benzene rings is 1. The second-order valence-electron chi connectivity index (χ2n) is 2.45. The summed E-state index contributed by atoms with van der Waals surface area (Å²) in [5.74, 6) is 0.342. The number of rotatable bonds is 4. The zero-order valence-corrected chi connectivity index (χ0v) is 7.78. The first-order chi connectivity index (χ1) is 6.22. The Kier molecular flexibility index (Phi) is 3.83. The van der Waals surface area contributed by atoms with Gasteiger partial charge in [-0.2, -0.15) is 0 Å². The fourth-order valence-electron chi connectivity index (χ4n) is 0.977. The molecule has 0 aliphatic rings. The molecule has 5 heteroatoms. The molecule has 0 heterocycles. The van der Waals surface area contributed by atoms with Crippen molar-refractivity contribution in [2.45, 2.75) is 6.42 Å². The molecule has 0 bridgehead atoms. The lowest BCUT2D eigenvalue weighted by Gasteiger charge is -1.97. The molecule has 13 heavy (non-hydrogen) atoms. The summed E-state index contributed by atoms with van der Waals surface area (Å²) in [4.78, 5) is 8.46. The van der Waals surface area contributed by atoms with E-state index in [1.54, 1.807) is 18.2 Å². The van der Waals surface area contributed by atoms with E-state index in [0.717, 1.165) is 5.56 Å². The summed E-state index contributed by atoms with van der Waals surface area (Å²) in [6, 6.07) is 6.73. The Morgan fingerprint density at radius 1 is 1.46 bits per heavy atom. The van der Waals surface area contributed by atoms with E-state index < -0.39 is 8.25 Å². The summed E-state index contributed by atoms with van der Waals surface area (Å²) in [5, 5.41) is 8.64. The van der Waals surface area contributed by atoms with Gasteiger partial charge in [0.15, 0.2) is 5.75 Å². The topological polar surface area (TPSA) is 66.8 Å². The molecule has 1 rings (SSSR count). The molecule has 1 unspecified atom stereocenters. The molecular formula is C8H10O4P+. The van der Waals surface area contributed by atoms with Gasteiger partial charge in [0.25, 0.3) is 0 Å². The predicted molar refractivity (Wildman–Crippen MR) is 47.7 cm³/mol. The van der Waals surface area contributed by atoms with E-state index in [0.29, 0.717) is 12.2 Å². The molecule has 0 aromatic heterocycles. The maximum Gasteiger partial charge on any atom is 0.747 e. The van der Waals surface area contributed by atoms with Crippen LogP contribution < -0.4 is 4.52 Å². The van der Waals surface area contributed by atoms with E-state index in [4.69, 9.17) is 10.00 Å². The standard InChI is InChI=1S/C8H9O4P/c9-5-4-7-2-1-3-8(6-7)12-13(10)11/h1-3,6,9H,4-5H2/p+1. The molecule has 1 aromatic rings. The van der Waals surface area contributed by atoms with Gasteiger partial charge in [0, 0.05) is 11.2 Å². The highest BCUT2D eigenvalue weighted by Gasteiger charge is 2.13. The van der Waals surface area contributed by atoms with E-state index in [2.05, 4.69) is 4.52 Å². The van der Waals surface area contributed by atoms with Crippen molar-refractivity contribution in [1.29, 1.82) is 0 Å². The van der Waals surface area contributed by atoms with Gasteiger partial charge in [-0.25, -0.2) is 4.52 Å². The molecule has 0 spiro atoms. The summed E-state index contributed by atoms with van der Waals surface area (Å²) in [7, 11) is -2.61. The average Bonchev–Trinajstić information content (AvgIpc) is 2.04. The molecule has 0 amide bonds. The van der Waals surface area contributed by atoms with Crippen LogP contribution in [-0.2, 0) is 11.0 Å². The Hall–Kier alpha value is -0.960. The molecule has 0 fully saturated rings. The maximum absolute atomic E-state index is 10.3. The van der Waals surface area contributed by atoms with E-state index in [1.807, 2.05) is 6.07 Å². The van der Waals surface area contributed by atoms with Crippen molar-refractivity contribution in [3.8, 4) is 5.75 Å². The molecule has 2 N–H and O–H groups in total. The first-order valence-corrected chi connectivity index (χ1v) is 4.89. The summed E-state index contributed by atoms with van der Waals surface area (Å²) in [6.45, 7) is 0.0503. The Morgan fingerprint density at radius 2 is 2.23 bits per heavy atom. The summed E-state index contributed by atoms with van der Waals surface area (Å²) in [5.41, 5.74) is 0.872. The minimum absolute atomic E-state index is 0.0503. The van der Waals surface area contributed by atoms with Gasteiger partial charge in [-0.05, 0) is 24.1 Å². The molecule has 0 saturated carbocycles. The van der Waals surface area contributed by atoms with Crippen LogP contribution >= 0.6 is 8.25 Å². The summed E-state index contributed by atoms with van der Waals surface area (Å²) < 4.78 is 14.9. The van der Waals surface area contributed by atoms with Crippen molar-refractivity contribution in [1.82, 2.24) is 0 Å². The molecule has 1 atom stereocenters. The number of hydrogen-bond acceptors (Lipinski definition) is 3. The number of aliphatic hydroxyl groups excluding tert-OH is 1. The maximum atomic E-state index is 10.3. The van der Waals surface area contributed by atoms with Crippen LogP contribution in [0.3, 0.4) is 0 Å². The van der Waals surface area contributed by atoms with Crippen molar-refractivity contribution in [3.05, 3.63) is 29.8 Å². The Labute approximate surface area is 76.7 Å². The van der Waals surface area contributed by atoms with E-state index in [-0.39, 0.29) is 6.61 Å². The third kappa shape index (κ3) is 3.51. The number of hydrogen-bond donors (Lipinski definition) is 2. The SMILES string of the molecule is O=[P+](O)Oc1cccc(CCO)c1. The van der Waals surface area contributed by atoms with Crippen molar-refractivity contribution in [2.75, 3.05) is 6.61 Å². The third-order valence-electron chi connectivity index (χ3n) is 1.48. The average molecular weight is 201 g/mol. The van der Waals surface area contributed by atoms with Crippen molar-refractivity contribution in [2.24, 2.45) is 0 Å². The Bertz CT molecular complexity index is 300. The minimum atomic E-state index is -2.61. The van der Waals surface area contributed by atoms with Crippen LogP contribution in [0.25, 0.3) is 0 Å². The van der Waals surface area contributed by atoms with Gasteiger partial charge >= 0.3 is 8.25 Å². The fraction of sp³-hybridized carbons (Fsp3) is 0.250. The first kappa shape index (κ1) is 10.1. The Balaban J connectivity index is 2.73. The van der Waals surface area contributed by atoms with Crippen molar-refractivity contribution < 1.29 is 19.1 Å². The smallest absolute Gasteiger partial charge is 0.396 e. The molecule has 1 aromatic carbocycles. The van der Waals surface area contributed by atoms with Gasteiger partial charge in [-0.15, -0.1) is 4.89 Å². The van der Waals surface area contributed by atoms with Crippen molar-refractivity contribution >= 4 is 8.25 Å². The first-order valence-electron chi connectivity index (χ1n) is 3.76. The largest absolute Gasteiger partial charge is 0.747 e. The molecule has 70 valence electrons. The van der Waals surface area contributed by atoms with E-state index in [9.17, 15) is 4.57 Å². The zero-order valence-electron chi connectivity index (χ0n) is 6.88. The monoisotopic (exact) mass is 201 g/mol. The van der Waals surface area contributed by atoms with Gasteiger partial charge < -0.3 is 5.11 Å². The lowest BCUT2D eigenvalue weighted by Crippen LogP contribution is -1.90. The van der Waals surface area contributed by atoms with Crippen LogP contribution in [0.1, 0.15) is 5.56 Å². The molecular weight excluding hydrogens is 191 g/mol. The third-order valence-corrected chi connectivity index (χ3v) is 1.85. The molecule has 0 radical (unpaired) electrons. The lowest BCUT2D eigenvalue weighted by atomic mass is 10.1. The zero-order chi connectivity index (χ0) is 9.68. The van der Waals surface area contributed by atoms with E-state index >= 15 is 0 Å². The minimum Gasteiger partial charge on any atom is -0.396 e. The molecule has 0 aliphatic heterocycles. The highest BCUT2D eigenvalue weighted by Crippen LogP contribution is 2.23. The normalized spacial score (nSPS) is 11.1. The second-order valence-corrected chi connectivity index (χ2v) is 3.11. The van der Waals surface area contributed by atoms with Gasteiger partial charge in [0.05, 0.1) is 0 Å². The Morgan fingerprint density at radius 3 is 2.85 bits per heavy atom.